The van der Waals surface area contributed by atoms with E-state index in [0.717, 1.165) is 16.8 Å². The highest BCUT2D eigenvalue weighted by atomic mass is 35.5. The van der Waals surface area contributed by atoms with E-state index in [1.54, 1.807) is 24.3 Å². The summed E-state index contributed by atoms with van der Waals surface area (Å²) in [6.45, 7) is 2.29. The van der Waals surface area contributed by atoms with Crippen molar-refractivity contribution >= 4 is 40.5 Å². The van der Waals surface area contributed by atoms with E-state index in [9.17, 15) is 5.11 Å². The monoisotopic (exact) mass is 315 g/mol. The lowest BCUT2D eigenvalue weighted by Crippen LogP contribution is -2.01. The van der Waals surface area contributed by atoms with Crippen molar-refractivity contribution in [1.82, 2.24) is 0 Å². The van der Waals surface area contributed by atoms with Gasteiger partial charge in [0.15, 0.2) is 0 Å². The molecule has 2 rings (SSSR count). The molecule has 0 radical (unpaired) electrons. The molecular weight excluding hydrogens is 305 g/mol. The number of phenols is 1. The van der Waals surface area contributed by atoms with Crippen molar-refractivity contribution in [3.05, 3.63) is 56.5 Å². The maximum Gasteiger partial charge on any atom is 0.118 e. The van der Waals surface area contributed by atoms with Gasteiger partial charge in [0.25, 0.3) is 0 Å². The third-order valence-electron chi connectivity index (χ3n) is 2.80. The summed E-state index contributed by atoms with van der Waals surface area (Å²) in [7, 11) is 0. The largest absolute Gasteiger partial charge is 0.508 e. The Labute approximate surface area is 126 Å². The highest BCUT2D eigenvalue weighted by Gasteiger charge is 2.09. The molecule has 0 aliphatic carbocycles. The number of aromatic hydroxyl groups is 1. The minimum absolute atomic E-state index is 0.268. The van der Waals surface area contributed by atoms with Crippen LogP contribution in [0.5, 0.6) is 5.75 Å². The number of rotatable bonds is 3. The molecule has 2 aromatic rings. The van der Waals surface area contributed by atoms with Gasteiger partial charge in [-0.3, -0.25) is 0 Å². The van der Waals surface area contributed by atoms with Crippen LogP contribution in [0.15, 0.2) is 30.3 Å². The summed E-state index contributed by atoms with van der Waals surface area (Å²) in [5, 5.41) is 14.2. The number of hydrogen-bond acceptors (Lipinski definition) is 2. The highest BCUT2D eigenvalue weighted by molar-refractivity contribution is 6.44. The van der Waals surface area contributed by atoms with Crippen molar-refractivity contribution < 1.29 is 5.11 Å². The molecule has 0 saturated heterocycles. The third kappa shape index (κ3) is 3.27. The van der Waals surface area contributed by atoms with Crippen molar-refractivity contribution in [3.8, 4) is 5.75 Å². The Morgan fingerprint density at radius 2 is 1.74 bits per heavy atom. The van der Waals surface area contributed by atoms with Gasteiger partial charge in [0.2, 0.25) is 0 Å². The van der Waals surface area contributed by atoms with E-state index in [0.29, 0.717) is 21.6 Å². The fourth-order valence-electron chi connectivity index (χ4n) is 1.69. The normalized spacial score (nSPS) is 10.5. The molecule has 2 nitrogen and oxygen atoms in total. The molecular formula is C14H12Cl3NO. The van der Waals surface area contributed by atoms with E-state index in [1.165, 1.54) is 0 Å². The molecule has 0 bridgehead atoms. The zero-order chi connectivity index (χ0) is 14.0. The molecule has 0 aromatic heterocycles. The van der Waals surface area contributed by atoms with Gasteiger partial charge in [0, 0.05) is 22.8 Å². The summed E-state index contributed by atoms with van der Waals surface area (Å²) in [6.07, 6.45) is 0. The van der Waals surface area contributed by atoms with E-state index in [1.807, 2.05) is 13.0 Å². The molecule has 5 heteroatoms. The number of hydrogen-bond donors (Lipinski definition) is 2. The molecule has 0 unspecified atom stereocenters. The first-order valence-corrected chi connectivity index (χ1v) is 6.78. The van der Waals surface area contributed by atoms with Gasteiger partial charge in [-0.25, -0.2) is 0 Å². The average molecular weight is 317 g/mol. The van der Waals surface area contributed by atoms with E-state index in [4.69, 9.17) is 34.8 Å². The van der Waals surface area contributed by atoms with Gasteiger partial charge >= 0.3 is 0 Å². The maximum atomic E-state index is 9.47. The Morgan fingerprint density at radius 3 is 2.42 bits per heavy atom. The van der Waals surface area contributed by atoms with Crippen LogP contribution >= 0.6 is 34.8 Å². The van der Waals surface area contributed by atoms with Crippen LogP contribution in [0, 0.1) is 6.92 Å². The van der Waals surface area contributed by atoms with Gasteiger partial charge in [-0.15, -0.1) is 0 Å². The van der Waals surface area contributed by atoms with Crippen LogP contribution in [0.3, 0.4) is 0 Å². The topological polar surface area (TPSA) is 32.3 Å². The Bertz CT molecular complexity index is 614. The van der Waals surface area contributed by atoms with Crippen molar-refractivity contribution in [3.63, 3.8) is 0 Å². The van der Waals surface area contributed by atoms with Crippen LogP contribution in [-0.2, 0) is 6.54 Å². The Hall–Kier alpha value is -1.09. The van der Waals surface area contributed by atoms with Gasteiger partial charge < -0.3 is 10.4 Å². The predicted octanol–water partition coefficient (Wildman–Crippen LogP) is 5.27. The summed E-state index contributed by atoms with van der Waals surface area (Å²) in [5.41, 5.74) is 2.43. The molecule has 100 valence electrons. The molecule has 19 heavy (non-hydrogen) atoms. The maximum absolute atomic E-state index is 9.47. The van der Waals surface area contributed by atoms with Crippen molar-refractivity contribution in [2.24, 2.45) is 0 Å². The number of halogens is 3. The lowest BCUT2D eigenvalue weighted by molar-refractivity contribution is 0.471. The molecule has 0 aliphatic heterocycles. The standard InChI is InChI=1S/C14H12Cl3NO/c1-8-6-9(2-5-13(8)19)18-7-10-11(15)3-4-12(16)14(10)17/h2-6,18-19H,7H2,1H3. The zero-order valence-electron chi connectivity index (χ0n) is 10.2. The van der Waals surface area contributed by atoms with Crippen LogP contribution in [-0.4, -0.2) is 5.11 Å². The Kier molecular flexibility index (Phi) is 4.46. The van der Waals surface area contributed by atoms with Crippen LogP contribution in [0.25, 0.3) is 0 Å². The van der Waals surface area contributed by atoms with E-state index < -0.39 is 0 Å². The number of nitrogens with one attached hydrogen (secondary N) is 1. The summed E-state index contributed by atoms with van der Waals surface area (Å²) in [4.78, 5) is 0. The van der Waals surface area contributed by atoms with Crippen LogP contribution in [0.1, 0.15) is 11.1 Å². The molecule has 0 fully saturated rings. The Morgan fingerprint density at radius 1 is 1.05 bits per heavy atom. The molecule has 0 aliphatic rings. The molecule has 0 heterocycles. The minimum Gasteiger partial charge on any atom is -0.508 e. The second kappa shape index (κ2) is 5.91. The molecule has 0 spiro atoms. The van der Waals surface area contributed by atoms with Gasteiger partial charge in [-0.1, -0.05) is 34.8 Å². The summed E-state index contributed by atoms with van der Waals surface area (Å²) >= 11 is 18.2. The highest BCUT2D eigenvalue weighted by Crippen LogP contribution is 2.32. The lowest BCUT2D eigenvalue weighted by Gasteiger charge is -2.11. The predicted molar refractivity (Wildman–Crippen MR) is 81.6 cm³/mol. The first kappa shape index (κ1) is 14.3. The Balaban J connectivity index is 2.19. The number of aryl methyl sites for hydroxylation is 1. The van der Waals surface area contributed by atoms with Crippen LogP contribution < -0.4 is 5.32 Å². The quantitative estimate of drug-likeness (QED) is 0.597. The second-order valence-corrected chi connectivity index (χ2v) is 5.37. The van der Waals surface area contributed by atoms with E-state index in [2.05, 4.69) is 5.32 Å². The average Bonchev–Trinajstić information content (AvgIpc) is 2.38. The summed E-state index contributed by atoms with van der Waals surface area (Å²) in [6, 6.07) is 8.66. The SMILES string of the molecule is Cc1cc(NCc2c(Cl)ccc(Cl)c2Cl)ccc1O. The van der Waals surface area contributed by atoms with Gasteiger partial charge in [0.05, 0.1) is 10.0 Å². The van der Waals surface area contributed by atoms with E-state index in [-0.39, 0.29) is 5.75 Å². The second-order valence-electron chi connectivity index (χ2n) is 4.18. The van der Waals surface area contributed by atoms with Gasteiger partial charge in [-0.05, 0) is 42.8 Å². The molecule has 0 atom stereocenters. The number of benzene rings is 2. The summed E-state index contributed by atoms with van der Waals surface area (Å²) in [5.74, 6) is 0.268. The molecule has 2 aromatic carbocycles. The van der Waals surface area contributed by atoms with Crippen molar-refractivity contribution in [2.75, 3.05) is 5.32 Å². The molecule has 0 saturated carbocycles. The fraction of sp³-hybridized carbons (Fsp3) is 0.143. The summed E-state index contributed by atoms with van der Waals surface area (Å²) < 4.78 is 0. The van der Waals surface area contributed by atoms with Gasteiger partial charge in [-0.2, -0.15) is 0 Å². The van der Waals surface area contributed by atoms with Crippen molar-refractivity contribution in [2.45, 2.75) is 13.5 Å². The minimum atomic E-state index is 0.268. The number of phenolic OH excluding ortho intramolecular Hbond substituents is 1. The third-order valence-corrected chi connectivity index (χ3v) is 4.00. The zero-order valence-corrected chi connectivity index (χ0v) is 12.4. The van der Waals surface area contributed by atoms with Crippen molar-refractivity contribution in [1.29, 1.82) is 0 Å². The smallest absolute Gasteiger partial charge is 0.118 e. The van der Waals surface area contributed by atoms with Gasteiger partial charge in [0.1, 0.15) is 5.75 Å². The van der Waals surface area contributed by atoms with Crippen LogP contribution in [0.2, 0.25) is 15.1 Å². The lowest BCUT2D eigenvalue weighted by atomic mass is 10.2. The fourth-order valence-corrected chi connectivity index (χ4v) is 2.37. The molecule has 2 N–H and O–H groups in total. The first-order chi connectivity index (χ1) is 8.99. The molecule has 0 amide bonds. The first-order valence-electron chi connectivity index (χ1n) is 5.65. The van der Waals surface area contributed by atoms with E-state index >= 15 is 0 Å². The number of anilines is 1. The van der Waals surface area contributed by atoms with Crippen LogP contribution in [0.4, 0.5) is 5.69 Å².